The van der Waals surface area contributed by atoms with Crippen LogP contribution in [0.1, 0.15) is 11.1 Å². The van der Waals surface area contributed by atoms with Crippen molar-refractivity contribution in [2.75, 3.05) is 30.3 Å². The van der Waals surface area contributed by atoms with Crippen molar-refractivity contribution in [1.29, 1.82) is 0 Å². The number of benzene rings is 2. The number of hydrogen-bond donors (Lipinski definition) is 4. The Morgan fingerprint density at radius 1 is 1.08 bits per heavy atom. The number of nitrogens with one attached hydrogen (secondary N) is 3. The van der Waals surface area contributed by atoms with E-state index in [0.717, 1.165) is 16.8 Å². The van der Waals surface area contributed by atoms with Gasteiger partial charge in [-0.3, -0.25) is 4.79 Å². The van der Waals surface area contributed by atoms with E-state index < -0.39 is 10.0 Å². The van der Waals surface area contributed by atoms with Crippen molar-refractivity contribution in [3.63, 3.8) is 0 Å². The summed E-state index contributed by atoms with van der Waals surface area (Å²) in [5.74, 6) is -0.267. The zero-order valence-corrected chi connectivity index (χ0v) is 15.7. The molecule has 2 aromatic rings. The van der Waals surface area contributed by atoms with Gasteiger partial charge in [0.05, 0.1) is 11.4 Å². The number of amides is 1. The Bertz CT molecular complexity index is 862. The van der Waals surface area contributed by atoms with Crippen molar-refractivity contribution >= 4 is 27.3 Å². The highest BCUT2D eigenvalue weighted by Crippen LogP contribution is 2.19. The minimum atomic E-state index is -3.64. The van der Waals surface area contributed by atoms with Crippen molar-refractivity contribution in [3.8, 4) is 0 Å². The van der Waals surface area contributed by atoms with Crippen molar-refractivity contribution in [1.82, 2.24) is 4.72 Å². The third-order valence-corrected chi connectivity index (χ3v) is 5.23. The highest BCUT2D eigenvalue weighted by Gasteiger charge is 2.14. The first kappa shape index (κ1) is 19.9. The lowest BCUT2D eigenvalue weighted by Crippen LogP contribution is -2.29. The minimum Gasteiger partial charge on any atom is -0.376 e. The van der Waals surface area contributed by atoms with Crippen LogP contribution in [0.3, 0.4) is 0 Å². The van der Waals surface area contributed by atoms with Gasteiger partial charge in [-0.05, 0) is 43.2 Å². The molecule has 0 fully saturated rings. The summed E-state index contributed by atoms with van der Waals surface area (Å²) in [5.41, 5.74) is 8.76. The molecule has 7 nitrogen and oxygen atoms in total. The van der Waals surface area contributed by atoms with Gasteiger partial charge in [-0.2, -0.15) is 0 Å². The molecule has 140 valence electrons. The number of anilines is 2. The van der Waals surface area contributed by atoms with Gasteiger partial charge in [-0.1, -0.05) is 24.3 Å². The monoisotopic (exact) mass is 376 g/mol. The molecule has 0 aromatic heterocycles. The quantitative estimate of drug-likeness (QED) is 0.559. The molecule has 0 bridgehead atoms. The Kier molecular flexibility index (Phi) is 6.73. The normalized spacial score (nSPS) is 11.2. The van der Waals surface area contributed by atoms with Gasteiger partial charge in [0, 0.05) is 24.5 Å². The summed E-state index contributed by atoms with van der Waals surface area (Å²) >= 11 is 0. The van der Waals surface area contributed by atoms with E-state index in [-0.39, 0.29) is 30.4 Å². The third-order valence-electron chi connectivity index (χ3n) is 3.77. The van der Waals surface area contributed by atoms with Crippen molar-refractivity contribution in [2.45, 2.75) is 18.7 Å². The summed E-state index contributed by atoms with van der Waals surface area (Å²) in [6.45, 7) is 4.37. The Labute approximate surface area is 154 Å². The van der Waals surface area contributed by atoms with Crippen LogP contribution in [0.4, 0.5) is 11.4 Å². The van der Waals surface area contributed by atoms with Crippen LogP contribution in [-0.4, -0.2) is 34.0 Å². The zero-order valence-electron chi connectivity index (χ0n) is 14.9. The van der Waals surface area contributed by atoms with E-state index in [4.69, 9.17) is 5.73 Å². The second kappa shape index (κ2) is 8.79. The molecule has 0 aliphatic carbocycles. The Morgan fingerprint density at radius 3 is 2.38 bits per heavy atom. The van der Waals surface area contributed by atoms with Crippen molar-refractivity contribution in [2.24, 2.45) is 5.73 Å². The first-order valence-electron chi connectivity index (χ1n) is 8.23. The number of carbonyl (C=O) groups excluding carboxylic acids is 1. The maximum Gasteiger partial charge on any atom is 0.243 e. The van der Waals surface area contributed by atoms with Gasteiger partial charge in [0.2, 0.25) is 15.9 Å². The van der Waals surface area contributed by atoms with Crippen LogP contribution in [0, 0.1) is 13.8 Å². The van der Waals surface area contributed by atoms with E-state index in [2.05, 4.69) is 15.4 Å². The van der Waals surface area contributed by atoms with Crippen LogP contribution >= 0.6 is 0 Å². The first-order valence-corrected chi connectivity index (χ1v) is 9.71. The van der Waals surface area contributed by atoms with E-state index in [1.165, 1.54) is 12.1 Å². The number of sulfonamides is 1. The number of nitrogens with two attached hydrogens (primary N) is 1. The number of para-hydroxylation sites is 1. The molecule has 0 aliphatic heterocycles. The first-order chi connectivity index (χ1) is 12.3. The second-order valence-corrected chi connectivity index (χ2v) is 7.65. The molecule has 2 aromatic carbocycles. The SMILES string of the molecule is Cc1cccc(C)c1NCC(=O)Nc1cccc(S(=O)(=O)NCCN)c1. The molecule has 0 radical (unpaired) electrons. The summed E-state index contributed by atoms with van der Waals surface area (Å²) in [6.07, 6.45) is 0. The molecule has 26 heavy (non-hydrogen) atoms. The fourth-order valence-electron chi connectivity index (χ4n) is 2.48. The molecule has 1 amide bonds. The van der Waals surface area contributed by atoms with Crippen LogP contribution in [-0.2, 0) is 14.8 Å². The van der Waals surface area contributed by atoms with E-state index in [1.54, 1.807) is 12.1 Å². The van der Waals surface area contributed by atoms with Crippen LogP contribution in [0.25, 0.3) is 0 Å². The van der Waals surface area contributed by atoms with Gasteiger partial charge >= 0.3 is 0 Å². The molecule has 5 N–H and O–H groups in total. The van der Waals surface area contributed by atoms with E-state index in [9.17, 15) is 13.2 Å². The highest BCUT2D eigenvalue weighted by atomic mass is 32.2. The van der Waals surface area contributed by atoms with Gasteiger partial charge in [-0.15, -0.1) is 0 Å². The number of carbonyl (C=O) groups is 1. The molecule has 0 aliphatic rings. The molecule has 0 unspecified atom stereocenters. The Balaban J connectivity index is 2.02. The largest absolute Gasteiger partial charge is 0.376 e. The van der Waals surface area contributed by atoms with Gasteiger partial charge in [0.25, 0.3) is 0 Å². The molecular weight excluding hydrogens is 352 g/mol. The van der Waals surface area contributed by atoms with Gasteiger partial charge in [0.1, 0.15) is 0 Å². The molecule has 0 saturated heterocycles. The van der Waals surface area contributed by atoms with Crippen LogP contribution in [0.15, 0.2) is 47.4 Å². The molecule has 8 heteroatoms. The predicted octanol–water partition coefficient (Wildman–Crippen LogP) is 1.59. The standard InChI is InChI=1S/C18H24N4O3S/c1-13-5-3-6-14(2)18(13)20-12-17(23)22-15-7-4-8-16(11-15)26(24,25)21-10-9-19/h3-8,11,20-21H,9-10,12,19H2,1-2H3,(H,22,23). The maximum absolute atomic E-state index is 12.2. The molecule has 0 heterocycles. The number of rotatable bonds is 8. The average molecular weight is 376 g/mol. The van der Waals surface area contributed by atoms with Crippen LogP contribution < -0.4 is 21.1 Å². The Hall–Kier alpha value is -2.42. The molecule has 0 atom stereocenters. The lowest BCUT2D eigenvalue weighted by atomic mass is 10.1. The zero-order chi connectivity index (χ0) is 19.2. The topological polar surface area (TPSA) is 113 Å². The van der Waals surface area contributed by atoms with Crippen molar-refractivity contribution in [3.05, 3.63) is 53.6 Å². The van der Waals surface area contributed by atoms with E-state index in [0.29, 0.717) is 5.69 Å². The molecule has 0 spiro atoms. The molecule has 0 saturated carbocycles. The summed E-state index contributed by atoms with van der Waals surface area (Å²) in [5, 5.41) is 5.82. The van der Waals surface area contributed by atoms with Gasteiger partial charge in [0.15, 0.2) is 0 Å². The molecule has 2 rings (SSSR count). The maximum atomic E-state index is 12.2. The minimum absolute atomic E-state index is 0.0754. The Morgan fingerprint density at radius 2 is 1.73 bits per heavy atom. The van der Waals surface area contributed by atoms with Crippen LogP contribution in [0.2, 0.25) is 0 Å². The number of hydrogen-bond acceptors (Lipinski definition) is 5. The summed E-state index contributed by atoms with van der Waals surface area (Å²) in [4.78, 5) is 12.3. The summed E-state index contributed by atoms with van der Waals surface area (Å²) < 4.78 is 26.6. The highest BCUT2D eigenvalue weighted by molar-refractivity contribution is 7.89. The van der Waals surface area contributed by atoms with E-state index in [1.807, 2.05) is 32.0 Å². The molecular formula is C18H24N4O3S. The predicted molar refractivity (Wildman–Crippen MR) is 104 cm³/mol. The van der Waals surface area contributed by atoms with Gasteiger partial charge < -0.3 is 16.4 Å². The van der Waals surface area contributed by atoms with E-state index >= 15 is 0 Å². The number of aryl methyl sites for hydroxylation is 2. The second-order valence-electron chi connectivity index (χ2n) is 5.88. The third kappa shape index (κ3) is 5.29. The van der Waals surface area contributed by atoms with Crippen molar-refractivity contribution < 1.29 is 13.2 Å². The summed E-state index contributed by atoms with van der Waals surface area (Å²) in [6, 6.07) is 12.0. The summed E-state index contributed by atoms with van der Waals surface area (Å²) in [7, 11) is -3.64. The lowest BCUT2D eigenvalue weighted by Gasteiger charge is -2.13. The fraction of sp³-hybridized carbons (Fsp3) is 0.278. The smallest absolute Gasteiger partial charge is 0.243 e. The fourth-order valence-corrected chi connectivity index (χ4v) is 3.58. The van der Waals surface area contributed by atoms with Crippen LogP contribution in [0.5, 0.6) is 0 Å². The lowest BCUT2D eigenvalue weighted by molar-refractivity contribution is -0.114. The average Bonchev–Trinajstić information content (AvgIpc) is 2.60. The van der Waals surface area contributed by atoms with Gasteiger partial charge in [-0.25, -0.2) is 13.1 Å².